The predicted octanol–water partition coefficient (Wildman–Crippen LogP) is 3.20. The highest BCUT2D eigenvalue weighted by Gasteiger charge is 2.33. The summed E-state index contributed by atoms with van der Waals surface area (Å²) in [5, 5.41) is 2.67. The second kappa shape index (κ2) is 6.78. The Morgan fingerprint density at radius 1 is 1.08 bits per heavy atom. The number of carbonyl (C=O) groups excluding carboxylic acids is 1. The van der Waals surface area contributed by atoms with Gasteiger partial charge in [0.2, 0.25) is 5.76 Å². The van der Waals surface area contributed by atoms with Crippen LogP contribution in [-0.4, -0.2) is 26.7 Å². The number of anilines is 1. The summed E-state index contributed by atoms with van der Waals surface area (Å²) in [5.41, 5.74) is 0.984. The molecule has 0 saturated heterocycles. The van der Waals surface area contributed by atoms with Gasteiger partial charge < -0.3 is 10.1 Å². The monoisotopic (exact) mass is 407 g/mol. The summed E-state index contributed by atoms with van der Waals surface area (Å²) < 4.78 is 31.2. The van der Waals surface area contributed by atoms with Gasteiger partial charge in [-0.1, -0.05) is 52.3 Å². The lowest BCUT2D eigenvalue weighted by atomic mass is 10.2. The van der Waals surface area contributed by atoms with Gasteiger partial charge in [0.25, 0.3) is 5.91 Å². The van der Waals surface area contributed by atoms with Crippen molar-refractivity contribution in [2.45, 2.75) is 0 Å². The van der Waals surface area contributed by atoms with Gasteiger partial charge in [0.05, 0.1) is 5.75 Å². The molecule has 7 heteroatoms. The fourth-order valence-electron chi connectivity index (χ4n) is 2.39. The third-order valence-electron chi connectivity index (χ3n) is 3.44. The van der Waals surface area contributed by atoms with E-state index >= 15 is 0 Å². The van der Waals surface area contributed by atoms with Crippen molar-refractivity contribution in [3.8, 4) is 0 Å². The van der Waals surface area contributed by atoms with Crippen LogP contribution in [0.4, 0.5) is 5.69 Å². The van der Waals surface area contributed by atoms with Crippen molar-refractivity contribution in [2.24, 2.45) is 0 Å². The number of ether oxygens (including phenoxy) is 1. The zero-order valence-electron chi connectivity index (χ0n) is 12.5. The molecule has 0 fully saturated rings. The van der Waals surface area contributed by atoms with Crippen molar-refractivity contribution in [1.29, 1.82) is 0 Å². The second-order valence-electron chi connectivity index (χ2n) is 5.16. The van der Waals surface area contributed by atoms with E-state index in [1.54, 1.807) is 48.5 Å². The summed E-state index contributed by atoms with van der Waals surface area (Å²) in [7, 11) is -3.59. The molecule has 0 aromatic heterocycles. The van der Waals surface area contributed by atoms with Crippen molar-refractivity contribution in [2.75, 3.05) is 17.7 Å². The number of benzene rings is 2. The average Bonchev–Trinajstić information content (AvgIpc) is 2.54. The Morgan fingerprint density at radius 3 is 2.54 bits per heavy atom. The number of halogens is 1. The van der Waals surface area contributed by atoms with Crippen LogP contribution < -0.4 is 5.32 Å². The van der Waals surface area contributed by atoms with Crippen molar-refractivity contribution in [1.82, 2.24) is 0 Å². The van der Waals surface area contributed by atoms with Gasteiger partial charge >= 0.3 is 0 Å². The number of amides is 1. The lowest BCUT2D eigenvalue weighted by Gasteiger charge is -2.21. The molecule has 124 valence electrons. The fraction of sp³-hybridized carbons (Fsp3) is 0.118. The van der Waals surface area contributed by atoms with E-state index in [1.807, 2.05) is 6.07 Å². The van der Waals surface area contributed by atoms with Crippen molar-refractivity contribution >= 4 is 42.3 Å². The number of hydrogen-bond donors (Lipinski definition) is 1. The summed E-state index contributed by atoms with van der Waals surface area (Å²) in [4.78, 5) is 12.5. The highest BCUT2D eigenvalue weighted by molar-refractivity contribution is 9.10. The second-order valence-corrected chi connectivity index (χ2v) is 8.12. The first-order valence-electron chi connectivity index (χ1n) is 7.19. The summed E-state index contributed by atoms with van der Waals surface area (Å²) >= 11 is 3.32. The first-order chi connectivity index (χ1) is 11.5. The molecule has 0 saturated carbocycles. The Labute approximate surface area is 148 Å². The minimum atomic E-state index is -3.59. The van der Waals surface area contributed by atoms with Gasteiger partial charge in [-0.2, -0.15) is 0 Å². The largest absolute Gasteiger partial charge is 0.486 e. The van der Waals surface area contributed by atoms with Crippen LogP contribution in [0.1, 0.15) is 5.56 Å². The zero-order valence-corrected chi connectivity index (χ0v) is 14.9. The van der Waals surface area contributed by atoms with E-state index in [0.717, 1.165) is 4.47 Å². The first-order valence-corrected chi connectivity index (χ1v) is 9.64. The van der Waals surface area contributed by atoms with Gasteiger partial charge in [-0.05, 0) is 23.8 Å². The SMILES string of the molecule is O=C(Nc1cccc(Br)c1)C1=C(c2ccccc2)S(=O)(=O)CCO1. The number of nitrogens with one attached hydrogen (secondary N) is 1. The average molecular weight is 408 g/mol. The molecule has 0 unspecified atom stereocenters. The van der Waals surface area contributed by atoms with E-state index in [1.165, 1.54) is 0 Å². The van der Waals surface area contributed by atoms with Crippen LogP contribution in [0.15, 0.2) is 64.8 Å². The maximum absolute atomic E-state index is 12.6. The summed E-state index contributed by atoms with van der Waals surface area (Å²) in [6.07, 6.45) is 0. The molecule has 0 aliphatic carbocycles. The highest BCUT2D eigenvalue weighted by Crippen LogP contribution is 2.30. The molecule has 2 aromatic rings. The molecule has 3 rings (SSSR count). The van der Waals surface area contributed by atoms with E-state index < -0.39 is 15.7 Å². The summed E-state index contributed by atoms with van der Waals surface area (Å²) in [5.74, 6) is -0.909. The zero-order chi connectivity index (χ0) is 17.2. The lowest BCUT2D eigenvalue weighted by molar-refractivity contribution is -0.115. The molecular formula is C17H14BrNO4S. The quantitative estimate of drug-likeness (QED) is 0.847. The third-order valence-corrected chi connectivity index (χ3v) is 5.68. The fourth-order valence-corrected chi connectivity index (χ4v) is 4.22. The van der Waals surface area contributed by atoms with Gasteiger partial charge in [0.15, 0.2) is 9.84 Å². The number of hydrogen-bond acceptors (Lipinski definition) is 4. The molecule has 1 aliphatic heterocycles. The summed E-state index contributed by atoms with van der Waals surface area (Å²) in [6, 6.07) is 15.5. The van der Waals surface area contributed by atoms with E-state index in [-0.39, 0.29) is 23.0 Å². The van der Waals surface area contributed by atoms with Crippen LogP contribution in [0.2, 0.25) is 0 Å². The van der Waals surface area contributed by atoms with Crippen LogP contribution in [0, 0.1) is 0 Å². The van der Waals surface area contributed by atoms with Gasteiger partial charge in [0, 0.05) is 10.2 Å². The van der Waals surface area contributed by atoms with E-state index in [2.05, 4.69) is 21.2 Å². The van der Waals surface area contributed by atoms with Crippen LogP contribution in [0.5, 0.6) is 0 Å². The Morgan fingerprint density at radius 2 is 1.83 bits per heavy atom. The van der Waals surface area contributed by atoms with Crippen LogP contribution in [0.25, 0.3) is 4.91 Å². The van der Waals surface area contributed by atoms with Crippen LogP contribution >= 0.6 is 15.9 Å². The molecule has 24 heavy (non-hydrogen) atoms. The minimum absolute atomic E-state index is 0.0418. The highest BCUT2D eigenvalue weighted by atomic mass is 79.9. The first kappa shape index (κ1) is 16.7. The van der Waals surface area contributed by atoms with Crippen molar-refractivity contribution < 1.29 is 17.9 Å². The van der Waals surface area contributed by atoms with Gasteiger partial charge in [-0.15, -0.1) is 0 Å². The molecule has 1 N–H and O–H groups in total. The molecule has 0 bridgehead atoms. The van der Waals surface area contributed by atoms with E-state index in [0.29, 0.717) is 11.3 Å². The summed E-state index contributed by atoms with van der Waals surface area (Å²) in [6.45, 7) is -0.0418. The smallest absolute Gasteiger partial charge is 0.292 e. The number of rotatable bonds is 3. The Bertz CT molecular complexity index is 907. The molecule has 1 aliphatic rings. The molecule has 0 radical (unpaired) electrons. The van der Waals surface area contributed by atoms with E-state index in [4.69, 9.17) is 4.74 Å². The normalized spacial score (nSPS) is 16.4. The lowest BCUT2D eigenvalue weighted by Crippen LogP contribution is -2.28. The Hall–Kier alpha value is -2.12. The molecule has 2 aromatic carbocycles. The third kappa shape index (κ3) is 3.52. The standard InChI is InChI=1S/C17H14BrNO4S/c18-13-7-4-8-14(11-13)19-17(20)15-16(12-5-2-1-3-6-12)24(21,22)10-9-23-15/h1-8,11H,9-10H2,(H,19,20). The molecule has 0 atom stereocenters. The predicted molar refractivity (Wildman–Crippen MR) is 95.9 cm³/mol. The van der Waals surface area contributed by atoms with Gasteiger partial charge in [-0.3, -0.25) is 4.79 Å². The van der Waals surface area contributed by atoms with E-state index in [9.17, 15) is 13.2 Å². The molecule has 0 spiro atoms. The molecule has 1 heterocycles. The molecule has 5 nitrogen and oxygen atoms in total. The number of carbonyl (C=O) groups is 1. The van der Waals surface area contributed by atoms with Crippen molar-refractivity contribution in [3.63, 3.8) is 0 Å². The van der Waals surface area contributed by atoms with Gasteiger partial charge in [0.1, 0.15) is 11.5 Å². The van der Waals surface area contributed by atoms with Crippen LogP contribution in [-0.2, 0) is 19.4 Å². The van der Waals surface area contributed by atoms with Crippen LogP contribution in [0.3, 0.4) is 0 Å². The molecular weight excluding hydrogens is 394 g/mol. The molecule has 1 amide bonds. The maximum atomic E-state index is 12.6. The maximum Gasteiger partial charge on any atom is 0.292 e. The Kier molecular flexibility index (Phi) is 4.73. The number of sulfone groups is 1. The minimum Gasteiger partial charge on any atom is -0.486 e. The Balaban J connectivity index is 2.04. The topological polar surface area (TPSA) is 72.5 Å². The van der Waals surface area contributed by atoms with Crippen molar-refractivity contribution in [3.05, 3.63) is 70.4 Å². The van der Waals surface area contributed by atoms with Gasteiger partial charge in [-0.25, -0.2) is 8.42 Å².